The lowest BCUT2D eigenvalue weighted by Gasteiger charge is -2.39. The molecule has 0 N–H and O–H groups in total. The summed E-state index contributed by atoms with van der Waals surface area (Å²) in [4.78, 5) is 2.48. The lowest BCUT2D eigenvalue weighted by molar-refractivity contribution is -0.0587. The van der Waals surface area contributed by atoms with E-state index < -0.39 is 0 Å². The molecule has 1 heterocycles. The van der Waals surface area contributed by atoms with E-state index in [-0.39, 0.29) is 0 Å². The summed E-state index contributed by atoms with van der Waals surface area (Å²) in [6.07, 6.45) is 4.36. The molecule has 1 saturated heterocycles. The highest BCUT2D eigenvalue weighted by Crippen LogP contribution is 2.14. The van der Waals surface area contributed by atoms with Crippen molar-refractivity contribution in [3.63, 3.8) is 0 Å². The molecule has 14 heavy (non-hydrogen) atoms. The van der Waals surface area contributed by atoms with Gasteiger partial charge in [0.2, 0.25) is 0 Å². The Morgan fingerprint density at radius 1 is 1.29 bits per heavy atom. The van der Waals surface area contributed by atoms with Gasteiger partial charge < -0.3 is 4.74 Å². The summed E-state index contributed by atoms with van der Waals surface area (Å²) < 4.78 is 5.75. The van der Waals surface area contributed by atoms with E-state index in [1.54, 1.807) is 0 Å². The first-order chi connectivity index (χ1) is 6.72. The topological polar surface area (TPSA) is 12.5 Å². The van der Waals surface area contributed by atoms with Gasteiger partial charge in [-0.3, -0.25) is 4.90 Å². The van der Waals surface area contributed by atoms with Gasteiger partial charge in [0.25, 0.3) is 0 Å². The van der Waals surface area contributed by atoms with Crippen molar-refractivity contribution >= 4 is 0 Å². The average molecular weight is 199 g/mol. The Labute approximate surface area is 88.6 Å². The van der Waals surface area contributed by atoms with Crippen LogP contribution in [0.2, 0.25) is 0 Å². The van der Waals surface area contributed by atoms with Crippen LogP contribution in [0.1, 0.15) is 40.0 Å². The predicted molar refractivity (Wildman–Crippen MR) is 60.5 cm³/mol. The molecule has 1 rings (SSSR count). The Morgan fingerprint density at radius 3 is 2.57 bits per heavy atom. The maximum absolute atomic E-state index is 5.75. The number of likely N-dealkylation sites (tertiary alicyclic amines) is 1. The van der Waals surface area contributed by atoms with E-state index in [9.17, 15) is 0 Å². The van der Waals surface area contributed by atoms with Gasteiger partial charge in [-0.25, -0.2) is 0 Å². The van der Waals surface area contributed by atoms with E-state index in [2.05, 4.69) is 25.7 Å². The van der Waals surface area contributed by atoms with Crippen LogP contribution in [0.3, 0.4) is 0 Å². The predicted octanol–water partition coefficient (Wildman–Crippen LogP) is 2.53. The number of rotatable bonds is 7. The monoisotopic (exact) mass is 199 g/mol. The highest BCUT2D eigenvalue weighted by molar-refractivity contribution is 4.80. The molecule has 0 radical (unpaired) electrons. The molecule has 0 aromatic carbocycles. The molecule has 0 atom stereocenters. The molecular formula is C12H25NO. The molecule has 0 bridgehead atoms. The Balaban J connectivity index is 1.89. The van der Waals surface area contributed by atoms with E-state index in [1.165, 1.54) is 25.8 Å². The first kappa shape index (κ1) is 12.0. The zero-order chi connectivity index (χ0) is 10.4. The second-order valence-electron chi connectivity index (χ2n) is 4.81. The Kier molecular flexibility index (Phi) is 5.49. The minimum Gasteiger partial charge on any atom is -0.376 e. The van der Waals surface area contributed by atoms with Crippen molar-refractivity contribution in [2.24, 2.45) is 5.92 Å². The van der Waals surface area contributed by atoms with Gasteiger partial charge in [0.05, 0.1) is 6.10 Å². The standard InChI is InChI=1S/C12H25NO/c1-4-5-6-7-14-12-9-13(10-12)8-11(2)3/h11-12H,4-10H2,1-3H3. The summed E-state index contributed by atoms with van der Waals surface area (Å²) in [6.45, 7) is 11.3. The van der Waals surface area contributed by atoms with E-state index in [4.69, 9.17) is 4.74 Å². The number of ether oxygens (including phenoxy) is 1. The molecule has 1 aliphatic heterocycles. The van der Waals surface area contributed by atoms with E-state index in [1.807, 2.05) is 0 Å². The Bertz CT molecular complexity index is 141. The van der Waals surface area contributed by atoms with Crippen molar-refractivity contribution < 1.29 is 4.74 Å². The van der Waals surface area contributed by atoms with Gasteiger partial charge in [0, 0.05) is 26.2 Å². The van der Waals surface area contributed by atoms with Crippen LogP contribution in [-0.2, 0) is 4.74 Å². The van der Waals surface area contributed by atoms with Gasteiger partial charge in [0.15, 0.2) is 0 Å². The van der Waals surface area contributed by atoms with Crippen LogP contribution in [0.15, 0.2) is 0 Å². The van der Waals surface area contributed by atoms with Crippen molar-refractivity contribution in [1.82, 2.24) is 4.90 Å². The first-order valence-electron chi connectivity index (χ1n) is 6.06. The van der Waals surface area contributed by atoms with Crippen molar-refractivity contribution in [2.45, 2.75) is 46.1 Å². The average Bonchev–Trinajstić information content (AvgIpc) is 2.06. The summed E-state index contributed by atoms with van der Waals surface area (Å²) in [5.41, 5.74) is 0. The molecule has 84 valence electrons. The minimum atomic E-state index is 0.533. The van der Waals surface area contributed by atoms with Gasteiger partial charge in [-0.2, -0.15) is 0 Å². The van der Waals surface area contributed by atoms with Crippen molar-refractivity contribution in [3.8, 4) is 0 Å². The van der Waals surface area contributed by atoms with Gasteiger partial charge in [-0.15, -0.1) is 0 Å². The normalized spacial score (nSPS) is 18.9. The first-order valence-corrected chi connectivity index (χ1v) is 6.06. The van der Waals surface area contributed by atoms with Crippen molar-refractivity contribution in [1.29, 1.82) is 0 Å². The third-order valence-corrected chi connectivity index (χ3v) is 2.65. The molecule has 0 aromatic rings. The zero-order valence-corrected chi connectivity index (χ0v) is 9.96. The molecule has 1 fully saturated rings. The molecule has 0 spiro atoms. The van der Waals surface area contributed by atoms with E-state index >= 15 is 0 Å². The quantitative estimate of drug-likeness (QED) is 0.584. The molecule has 0 amide bonds. The lowest BCUT2D eigenvalue weighted by atomic mass is 10.1. The van der Waals surface area contributed by atoms with Gasteiger partial charge >= 0.3 is 0 Å². The fourth-order valence-corrected chi connectivity index (χ4v) is 1.90. The third-order valence-electron chi connectivity index (χ3n) is 2.65. The summed E-state index contributed by atoms with van der Waals surface area (Å²) in [5.74, 6) is 0.788. The SMILES string of the molecule is CCCCCOC1CN(CC(C)C)C1. The number of unbranched alkanes of at least 4 members (excludes halogenated alkanes) is 2. The maximum Gasteiger partial charge on any atom is 0.0828 e. The largest absolute Gasteiger partial charge is 0.376 e. The van der Waals surface area contributed by atoms with Crippen LogP contribution < -0.4 is 0 Å². The maximum atomic E-state index is 5.75. The highest BCUT2D eigenvalue weighted by atomic mass is 16.5. The van der Waals surface area contributed by atoms with E-state index in [0.29, 0.717) is 6.10 Å². The van der Waals surface area contributed by atoms with Crippen LogP contribution in [0, 0.1) is 5.92 Å². The van der Waals surface area contributed by atoms with Crippen LogP contribution in [0.25, 0.3) is 0 Å². The number of hydrogen-bond acceptors (Lipinski definition) is 2. The fourth-order valence-electron chi connectivity index (χ4n) is 1.90. The summed E-state index contributed by atoms with van der Waals surface area (Å²) >= 11 is 0. The second kappa shape index (κ2) is 6.41. The Morgan fingerprint density at radius 2 is 2.00 bits per heavy atom. The van der Waals surface area contributed by atoms with Gasteiger partial charge in [0.1, 0.15) is 0 Å². The lowest BCUT2D eigenvalue weighted by Crippen LogP contribution is -2.53. The molecule has 2 heteroatoms. The molecule has 0 aliphatic carbocycles. The minimum absolute atomic E-state index is 0.533. The number of hydrogen-bond donors (Lipinski definition) is 0. The zero-order valence-electron chi connectivity index (χ0n) is 9.96. The molecule has 0 saturated carbocycles. The van der Waals surface area contributed by atoms with Crippen molar-refractivity contribution in [2.75, 3.05) is 26.2 Å². The molecular weight excluding hydrogens is 174 g/mol. The molecule has 0 unspecified atom stereocenters. The van der Waals surface area contributed by atoms with E-state index in [0.717, 1.165) is 25.6 Å². The van der Waals surface area contributed by atoms with Crippen LogP contribution in [0.4, 0.5) is 0 Å². The van der Waals surface area contributed by atoms with Crippen LogP contribution in [-0.4, -0.2) is 37.2 Å². The molecule has 2 nitrogen and oxygen atoms in total. The smallest absolute Gasteiger partial charge is 0.0828 e. The van der Waals surface area contributed by atoms with Crippen LogP contribution >= 0.6 is 0 Å². The summed E-state index contributed by atoms with van der Waals surface area (Å²) in [5, 5.41) is 0. The second-order valence-corrected chi connectivity index (χ2v) is 4.81. The van der Waals surface area contributed by atoms with Gasteiger partial charge in [-0.1, -0.05) is 33.6 Å². The molecule has 0 aromatic heterocycles. The third kappa shape index (κ3) is 4.43. The summed E-state index contributed by atoms with van der Waals surface area (Å²) in [6, 6.07) is 0. The fraction of sp³-hybridized carbons (Fsp3) is 1.00. The van der Waals surface area contributed by atoms with Gasteiger partial charge in [-0.05, 0) is 12.3 Å². The highest BCUT2D eigenvalue weighted by Gasteiger charge is 2.26. The molecule has 1 aliphatic rings. The summed E-state index contributed by atoms with van der Waals surface area (Å²) in [7, 11) is 0. The van der Waals surface area contributed by atoms with Crippen LogP contribution in [0.5, 0.6) is 0 Å². The Hall–Kier alpha value is -0.0800. The van der Waals surface area contributed by atoms with Crippen molar-refractivity contribution in [3.05, 3.63) is 0 Å². The number of nitrogens with zero attached hydrogens (tertiary/aromatic N) is 1.